The van der Waals surface area contributed by atoms with Crippen LogP contribution in [0.1, 0.15) is 40.1 Å². The smallest absolute Gasteiger partial charge is 0.255 e. The molecule has 2 aliphatic rings. The molecule has 2 aromatic rings. The lowest BCUT2D eigenvalue weighted by Crippen LogP contribution is -2.52. The van der Waals surface area contributed by atoms with E-state index in [4.69, 9.17) is 10.3 Å². The highest BCUT2D eigenvalue weighted by molar-refractivity contribution is 6.05. The summed E-state index contributed by atoms with van der Waals surface area (Å²) in [6.07, 6.45) is 0.600. The Morgan fingerprint density at radius 3 is 2.89 bits per heavy atom. The van der Waals surface area contributed by atoms with E-state index in [1.54, 1.807) is 6.07 Å². The molecular weight excluding hydrogens is 350 g/mol. The maximum absolute atomic E-state index is 12.8. The van der Waals surface area contributed by atoms with Crippen molar-refractivity contribution in [3.8, 4) is 0 Å². The third kappa shape index (κ3) is 3.28. The molecule has 0 bridgehead atoms. The van der Waals surface area contributed by atoms with Gasteiger partial charge in [0.25, 0.3) is 5.91 Å². The van der Waals surface area contributed by atoms with Crippen molar-refractivity contribution in [3.05, 3.63) is 46.7 Å². The van der Waals surface area contributed by atoms with E-state index in [1.165, 1.54) is 4.90 Å². The molecule has 4 N–H and O–H groups in total. The van der Waals surface area contributed by atoms with Crippen LogP contribution < -0.4 is 16.4 Å². The van der Waals surface area contributed by atoms with Crippen LogP contribution in [0.25, 0.3) is 0 Å². The van der Waals surface area contributed by atoms with E-state index in [0.29, 0.717) is 36.7 Å². The standard InChI is InChI=1S/C18H19N5O4/c19-7-12-6-15(22-27-12)20-8-10-1-2-11-9-23(18(26)13(11)5-10)14-3-4-16(24)21-17(14)25/h1-2,5-6,14H,3-4,7-9,19H2,(H,20,22)(H,21,24,25). The summed E-state index contributed by atoms with van der Waals surface area (Å²) in [5, 5.41) is 9.29. The summed E-state index contributed by atoms with van der Waals surface area (Å²) in [5.74, 6) is 0.276. The summed E-state index contributed by atoms with van der Waals surface area (Å²) in [4.78, 5) is 37.7. The van der Waals surface area contributed by atoms with Gasteiger partial charge in [-0.2, -0.15) is 0 Å². The van der Waals surface area contributed by atoms with Crippen LogP contribution in [0.15, 0.2) is 28.8 Å². The minimum atomic E-state index is -0.603. The number of anilines is 1. The number of hydrogen-bond donors (Lipinski definition) is 3. The molecule has 1 atom stereocenters. The van der Waals surface area contributed by atoms with Crippen LogP contribution in [-0.2, 0) is 29.2 Å². The normalized spacial score (nSPS) is 19.2. The number of fused-ring (bicyclic) bond motifs is 1. The van der Waals surface area contributed by atoms with Crippen LogP contribution in [0, 0.1) is 0 Å². The van der Waals surface area contributed by atoms with Gasteiger partial charge in [-0.15, -0.1) is 0 Å². The second-order valence-corrected chi connectivity index (χ2v) is 6.63. The second kappa shape index (κ2) is 6.84. The van der Waals surface area contributed by atoms with Gasteiger partial charge in [-0.3, -0.25) is 19.7 Å². The van der Waals surface area contributed by atoms with Gasteiger partial charge in [0.1, 0.15) is 6.04 Å². The van der Waals surface area contributed by atoms with Gasteiger partial charge in [0.2, 0.25) is 11.8 Å². The highest BCUT2D eigenvalue weighted by Gasteiger charge is 2.39. The van der Waals surface area contributed by atoms with Crippen molar-refractivity contribution < 1.29 is 18.9 Å². The zero-order valence-corrected chi connectivity index (χ0v) is 14.5. The monoisotopic (exact) mass is 369 g/mol. The maximum atomic E-state index is 12.8. The molecule has 3 heterocycles. The van der Waals surface area contributed by atoms with E-state index >= 15 is 0 Å². The first-order valence-corrected chi connectivity index (χ1v) is 8.71. The summed E-state index contributed by atoms with van der Waals surface area (Å²) in [6, 6.07) is 6.76. The number of nitrogens with two attached hydrogens (primary N) is 1. The Labute approximate surface area is 154 Å². The Morgan fingerprint density at radius 1 is 1.30 bits per heavy atom. The molecule has 140 valence electrons. The quantitative estimate of drug-likeness (QED) is 0.654. The number of rotatable bonds is 5. The molecule has 1 saturated heterocycles. The highest BCUT2D eigenvalue weighted by atomic mass is 16.5. The van der Waals surface area contributed by atoms with Crippen molar-refractivity contribution in [1.29, 1.82) is 0 Å². The topological polar surface area (TPSA) is 131 Å². The fraction of sp³-hybridized carbons (Fsp3) is 0.333. The van der Waals surface area contributed by atoms with Crippen molar-refractivity contribution in [2.45, 2.75) is 38.5 Å². The maximum Gasteiger partial charge on any atom is 0.255 e. The second-order valence-electron chi connectivity index (χ2n) is 6.63. The Morgan fingerprint density at radius 2 is 2.15 bits per heavy atom. The number of nitrogens with one attached hydrogen (secondary N) is 2. The van der Waals surface area contributed by atoms with Crippen molar-refractivity contribution in [3.63, 3.8) is 0 Å². The molecule has 1 aromatic carbocycles. The Balaban J connectivity index is 1.46. The number of hydrogen-bond acceptors (Lipinski definition) is 7. The zero-order chi connectivity index (χ0) is 19.0. The van der Waals surface area contributed by atoms with Crippen molar-refractivity contribution in [2.24, 2.45) is 5.73 Å². The zero-order valence-electron chi connectivity index (χ0n) is 14.5. The number of amides is 3. The molecule has 1 fully saturated rings. The van der Waals surface area contributed by atoms with E-state index in [9.17, 15) is 14.4 Å². The van der Waals surface area contributed by atoms with Gasteiger partial charge < -0.3 is 20.5 Å². The summed E-state index contributed by atoms with van der Waals surface area (Å²) in [5.41, 5.74) is 7.86. The first-order valence-electron chi connectivity index (χ1n) is 8.71. The number of carbonyl (C=O) groups excluding carboxylic acids is 3. The number of piperidine rings is 1. The molecule has 9 nitrogen and oxygen atoms in total. The molecule has 9 heteroatoms. The fourth-order valence-corrected chi connectivity index (χ4v) is 3.40. The van der Waals surface area contributed by atoms with Crippen molar-refractivity contribution >= 4 is 23.5 Å². The average Bonchev–Trinajstić information content (AvgIpc) is 3.25. The largest absolute Gasteiger partial charge is 0.363 e. The number of carbonyl (C=O) groups is 3. The minimum Gasteiger partial charge on any atom is -0.363 e. The van der Waals surface area contributed by atoms with E-state index < -0.39 is 11.9 Å². The molecule has 3 amide bonds. The Hall–Kier alpha value is -3.20. The Bertz CT molecular complexity index is 922. The molecule has 1 unspecified atom stereocenters. The summed E-state index contributed by atoms with van der Waals surface area (Å²) in [7, 11) is 0. The van der Waals surface area contributed by atoms with Crippen LogP contribution in [0.5, 0.6) is 0 Å². The molecule has 4 rings (SSSR count). The van der Waals surface area contributed by atoms with Crippen LogP contribution in [0.4, 0.5) is 5.82 Å². The summed E-state index contributed by atoms with van der Waals surface area (Å²) in [6.45, 7) is 1.12. The Kier molecular flexibility index (Phi) is 4.36. The predicted molar refractivity (Wildman–Crippen MR) is 94.2 cm³/mol. The van der Waals surface area contributed by atoms with Gasteiger partial charge in [-0.05, 0) is 23.6 Å². The van der Waals surface area contributed by atoms with Crippen LogP contribution in [-0.4, -0.2) is 33.8 Å². The van der Waals surface area contributed by atoms with Gasteiger partial charge in [0.15, 0.2) is 11.6 Å². The molecule has 0 spiro atoms. The third-order valence-electron chi connectivity index (χ3n) is 4.83. The molecular formula is C18H19N5O4. The van der Waals surface area contributed by atoms with Crippen molar-refractivity contribution in [1.82, 2.24) is 15.4 Å². The lowest BCUT2D eigenvalue weighted by atomic mass is 10.0. The molecule has 2 aliphatic heterocycles. The predicted octanol–water partition coefficient (Wildman–Crippen LogP) is 0.506. The number of imide groups is 1. The van der Waals surface area contributed by atoms with E-state index in [0.717, 1.165) is 11.1 Å². The van der Waals surface area contributed by atoms with E-state index in [-0.39, 0.29) is 24.8 Å². The summed E-state index contributed by atoms with van der Waals surface area (Å²) >= 11 is 0. The first-order chi connectivity index (χ1) is 13.0. The van der Waals surface area contributed by atoms with Gasteiger partial charge in [-0.1, -0.05) is 17.3 Å². The lowest BCUT2D eigenvalue weighted by molar-refractivity contribution is -0.136. The molecule has 1 aromatic heterocycles. The van der Waals surface area contributed by atoms with Crippen LogP contribution in [0.2, 0.25) is 0 Å². The molecule has 0 aliphatic carbocycles. The highest BCUT2D eigenvalue weighted by Crippen LogP contribution is 2.28. The van der Waals surface area contributed by atoms with E-state index in [2.05, 4.69) is 15.8 Å². The third-order valence-corrected chi connectivity index (χ3v) is 4.83. The summed E-state index contributed by atoms with van der Waals surface area (Å²) < 4.78 is 5.03. The van der Waals surface area contributed by atoms with Crippen molar-refractivity contribution in [2.75, 3.05) is 5.32 Å². The average molecular weight is 369 g/mol. The van der Waals surface area contributed by atoms with Gasteiger partial charge in [0, 0.05) is 31.1 Å². The van der Waals surface area contributed by atoms with Crippen LogP contribution in [0.3, 0.4) is 0 Å². The number of aromatic nitrogens is 1. The first kappa shape index (κ1) is 17.2. The molecule has 27 heavy (non-hydrogen) atoms. The minimum absolute atomic E-state index is 0.187. The lowest BCUT2D eigenvalue weighted by Gasteiger charge is -2.29. The number of benzene rings is 1. The SMILES string of the molecule is NCc1cc(NCc2ccc3c(c2)C(=O)N(C2CCC(=O)NC2=O)C3)no1. The fourth-order valence-electron chi connectivity index (χ4n) is 3.40. The van der Waals surface area contributed by atoms with Gasteiger partial charge in [-0.25, -0.2) is 0 Å². The van der Waals surface area contributed by atoms with Crippen LogP contribution >= 0.6 is 0 Å². The van der Waals surface area contributed by atoms with E-state index in [1.807, 2.05) is 18.2 Å². The van der Waals surface area contributed by atoms with Gasteiger partial charge in [0.05, 0.1) is 6.54 Å². The molecule has 0 radical (unpaired) electrons. The van der Waals surface area contributed by atoms with Gasteiger partial charge >= 0.3 is 0 Å². The molecule has 0 saturated carbocycles. The number of nitrogens with zero attached hydrogens (tertiary/aromatic N) is 2.